The van der Waals surface area contributed by atoms with Crippen molar-refractivity contribution >= 4 is 17.6 Å². The van der Waals surface area contributed by atoms with Crippen LogP contribution >= 0.6 is 0 Å². The summed E-state index contributed by atoms with van der Waals surface area (Å²) < 4.78 is 1.71. The topological polar surface area (TPSA) is 97.1 Å². The van der Waals surface area contributed by atoms with Crippen molar-refractivity contribution in [3.63, 3.8) is 0 Å². The molecule has 0 radical (unpaired) electrons. The highest BCUT2D eigenvalue weighted by atomic mass is 16.4. The van der Waals surface area contributed by atoms with Crippen molar-refractivity contribution in [2.75, 3.05) is 5.32 Å². The van der Waals surface area contributed by atoms with Gasteiger partial charge in [-0.2, -0.15) is 5.10 Å². The molecule has 0 spiro atoms. The Morgan fingerprint density at radius 1 is 1.26 bits per heavy atom. The number of carboxylic acids is 1. The van der Waals surface area contributed by atoms with Crippen LogP contribution in [0.3, 0.4) is 0 Å². The van der Waals surface area contributed by atoms with E-state index in [1.807, 2.05) is 12.1 Å². The molecule has 1 fully saturated rings. The number of nitrogens with zero attached hydrogens (tertiary/aromatic N) is 3. The van der Waals surface area contributed by atoms with Crippen LogP contribution in [-0.2, 0) is 16.1 Å². The molecule has 1 saturated carbocycles. The molecule has 0 unspecified atom stereocenters. The highest BCUT2D eigenvalue weighted by Crippen LogP contribution is 2.58. The molecule has 7 heteroatoms. The number of hydrogen-bond donors (Lipinski definition) is 2. The fraction of sp³-hybridized carbons (Fsp3) is 0.375. The normalized spacial score (nSPS) is 21.7. The number of aliphatic carboxylic acids is 1. The minimum atomic E-state index is -0.918. The molecule has 2 atom stereocenters. The molecule has 120 valence electrons. The summed E-state index contributed by atoms with van der Waals surface area (Å²) in [4.78, 5) is 27.3. The average molecular weight is 314 g/mol. The van der Waals surface area contributed by atoms with Crippen LogP contribution in [0.2, 0.25) is 0 Å². The summed E-state index contributed by atoms with van der Waals surface area (Å²) in [7, 11) is 0. The molecule has 7 nitrogen and oxygen atoms in total. The van der Waals surface area contributed by atoms with Crippen molar-refractivity contribution in [1.29, 1.82) is 0 Å². The zero-order valence-corrected chi connectivity index (χ0v) is 12.9. The molecule has 1 aliphatic rings. The van der Waals surface area contributed by atoms with Gasteiger partial charge in [-0.25, -0.2) is 9.67 Å². The first-order chi connectivity index (χ1) is 10.9. The van der Waals surface area contributed by atoms with Gasteiger partial charge < -0.3 is 10.4 Å². The predicted octanol–water partition coefficient (Wildman–Crippen LogP) is 1.62. The Kier molecular flexibility index (Phi) is 3.63. The molecule has 2 aromatic rings. The van der Waals surface area contributed by atoms with Crippen molar-refractivity contribution in [2.24, 2.45) is 17.3 Å². The zero-order chi connectivity index (χ0) is 16.6. The van der Waals surface area contributed by atoms with Gasteiger partial charge in [0.2, 0.25) is 5.91 Å². The Morgan fingerprint density at radius 3 is 2.48 bits per heavy atom. The highest BCUT2D eigenvalue weighted by molar-refractivity contribution is 5.99. The van der Waals surface area contributed by atoms with E-state index in [4.69, 9.17) is 5.11 Å². The van der Waals surface area contributed by atoms with Crippen LogP contribution < -0.4 is 5.32 Å². The second-order valence-electron chi connectivity index (χ2n) is 6.39. The molecule has 2 N–H and O–H groups in total. The van der Waals surface area contributed by atoms with E-state index >= 15 is 0 Å². The van der Waals surface area contributed by atoms with Crippen molar-refractivity contribution in [1.82, 2.24) is 14.8 Å². The average Bonchev–Trinajstić information content (AvgIpc) is 2.83. The summed E-state index contributed by atoms with van der Waals surface area (Å²) in [5.74, 6) is -2.27. The fourth-order valence-electron chi connectivity index (χ4n) is 3.00. The molecule has 1 amide bonds. The number of rotatable bonds is 5. The van der Waals surface area contributed by atoms with Gasteiger partial charge in [0.15, 0.2) is 0 Å². The Bertz CT molecular complexity index is 722. The van der Waals surface area contributed by atoms with E-state index in [1.165, 1.54) is 6.33 Å². The van der Waals surface area contributed by atoms with Crippen LogP contribution in [0.1, 0.15) is 19.4 Å². The van der Waals surface area contributed by atoms with Crippen molar-refractivity contribution in [3.8, 4) is 0 Å². The number of carbonyl (C=O) groups excluding carboxylic acids is 1. The minimum Gasteiger partial charge on any atom is -0.481 e. The third-order valence-electron chi connectivity index (χ3n) is 4.41. The van der Waals surface area contributed by atoms with Crippen molar-refractivity contribution in [2.45, 2.75) is 20.4 Å². The highest BCUT2D eigenvalue weighted by Gasteiger charge is 2.65. The van der Waals surface area contributed by atoms with Crippen molar-refractivity contribution in [3.05, 3.63) is 42.5 Å². The largest absolute Gasteiger partial charge is 0.481 e. The molecule has 0 saturated heterocycles. The van der Waals surface area contributed by atoms with Gasteiger partial charge in [-0.05, 0) is 23.1 Å². The van der Waals surface area contributed by atoms with Crippen LogP contribution in [0.25, 0.3) is 0 Å². The molecule has 1 aromatic carbocycles. The van der Waals surface area contributed by atoms with Crippen LogP contribution in [0.4, 0.5) is 5.69 Å². The molecule has 1 aliphatic carbocycles. The number of benzene rings is 1. The first-order valence-electron chi connectivity index (χ1n) is 7.34. The van der Waals surface area contributed by atoms with Gasteiger partial charge in [-0.3, -0.25) is 9.59 Å². The van der Waals surface area contributed by atoms with E-state index in [9.17, 15) is 9.59 Å². The van der Waals surface area contributed by atoms with Crippen LogP contribution in [-0.4, -0.2) is 31.7 Å². The quantitative estimate of drug-likeness (QED) is 0.874. The molecule has 0 aliphatic heterocycles. The number of amides is 1. The monoisotopic (exact) mass is 314 g/mol. The first kappa shape index (κ1) is 15.2. The van der Waals surface area contributed by atoms with Gasteiger partial charge in [0, 0.05) is 5.69 Å². The van der Waals surface area contributed by atoms with E-state index in [2.05, 4.69) is 15.4 Å². The predicted molar refractivity (Wildman–Crippen MR) is 82.6 cm³/mol. The maximum absolute atomic E-state index is 12.2. The van der Waals surface area contributed by atoms with Gasteiger partial charge >= 0.3 is 5.97 Å². The van der Waals surface area contributed by atoms with Gasteiger partial charge in [0.1, 0.15) is 12.7 Å². The Balaban J connectivity index is 1.62. The van der Waals surface area contributed by atoms with E-state index in [0.29, 0.717) is 12.2 Å². The van der Waals surface area contributed by atoms with E-state index in [0.717, 1.165) is 5.56 Å². The maximum atomic E-state index is 12.2. The number of carboxylic acid groups (broad SMARTS) is 1. The fourth-order valence-corrected chi connectivity index (χ4v) is 3.00. The number of carbonyl (C=O) groups is 2. The van der Waals surface area contributed by atoms with E-state index in [-0.39, 0.29) is 5.91 Å². The molecule has 3 rings (SSSR count). The Labute approximate surface area is 133 Å². The van der Waals surface area contributed by atoms with Crippen LogP contribution in [0.15, 0.2) is 36.9 Å². The van der Waals surface area contributed by atoms with Gasteiger partial charge in [-0.15, -0.1) is 0 Å². The van der Waals surface area contributed by atoms with Gasteiger partial charge in [0.05, 0.1) is 18.4 Å². The molecular formula is C16H18N4O3. The lowest BCUT2D eigenvalue weighted by Gasteiger charge is -2.07. The zero-order valence-electron chi connectivity index (χ0n) is 12.9. The Morgan fingerprint density at radius 2 is 1.96 bits per heavy atom. The standard InChI is InChI=1S/C16H18N4O3/c1-16(2)12(13(16)15(22)23)14(21)19-11-5-3-10(4-6-11)7-20-9-17-8-18-20/h3-6,8-9,12-13H,7H2,1-2H3,(H,19,21)(H,22,23)/t12-,13+/m0/s1. The lowest BCUT2D eigenvalue weighted by molar-refractivity contribution is -0.140. The third kappa shape index (κ3) is 2.94. The second-order valence-corrected chi connectivity index (χ2v) is 6.39. The van der Waals surface area contributed by atoms with Crippen LogP contribution in [0.5, 0.6) is 0 Å². The molecular weight excluding hydrogens is 296 g/mol. The summed E-state index contributed by atoms with van der Waals surface area (Å²) in [6, 6.07) is 7.39. The maximum Gasteiger partial charge on any atom is 0.307 e. The SMILES string of the molecule is CC1(C)[C@H](C(=O)Nc2ccc(Cn3cncn3)cc2)[C@@H]1C(=O)O. The Hall–Kier alpha value is -2.70. The molecule has 1 heterocycles. The summed E-state index contributed by atoms with van der Waals surface area (Å²) >= 11 is 0. The van der Waals surface area contributed by atoms with Crippen LogP contribution in [0, 0.1) is 17.3 Å². The summed E-state index contributed by atoms with van der Waals surface area (Å²) in [6.45, 7) is 4.21. The summed E-state index contributed by atoms with van der Waals surface area (Å²) in [5.41, 5.74) is 1.19. The lowest BCUT2D eigenvalue weighted by atomic mass is 10.1. The molecule has 23 heavy (non-hydrogen) atoms. The van der Waals surface area contributed by atoms with E-state index < -0.39 is 23.2 Å². The van der Waals surface area contributed by atoms with Gasteiger partial charge in [-0.1, -0.05) is 26.0 Å². The van der Waals surface area contributed by atoms with Crippen molar-refractivity contribution < 1.29 is 14.7 Å². The van der Waals surface area contributed by atoms with Gasteiger partial charge in [0.25, 0.3) is 0 Å². The van der Waals surface area contributed by atoms with E-state index in [1.54, 1.807) is 37.0 Å². The summed E-state index contributed by atoms with van der Waals surface area (Å²) in [5, 5.41) is 16.0. The number of nitrogens with one attached hydrogen (secondary N) is 1. The molecule has 1 aromatic heterocycles. The second kappa shape index (κ2) is 5.49. The number of anilines is 1. The third-order valence-corrected chi connectivity index (χ3v) is 4.41. The minimum absolute atomic E-state index is 0.244. The smallest absolute Gasteiger partial charge is 0.307 e. The molecule has 0 bridgehead atoms. The summed E-state index contributed by atoms with van der Waals surface area (Å²) in [6.07, 6.45) is 3.11. The number of aromatic nitrogens is 3. The lowest BCUT2D eigenvalue weighted by Crippen LogP contribution is -2.17. The number of hydrogen-bond acceptors (Lipinski definition) is 4. The first-order valence-corrected chi connectivity index (χ1v) is 7.34.